The second kappa shape index (κ2) is 3.21. The first-order chi connectivity index (χ1) is 6.78. The summed E-state index contributed by atoms with van der Waals surface area (Å²) < 4.78 is 5.95. The van der Waals surface area contributed by atoms with E-state index < -0.39 is 5.60 Å². The summed E-state index contributed by atoms with van der Waals surface area (Å²) in [6.45, 7) is 10.7. The molecule has 0 amide bonds. The number of ether oxygens (including phenoxy) is 1. The molecule has 2 aliphatic heterocycles. The first-order valence-corrected chi connectivity index (χ1v) is 6.16. The summed E-state index contributed by atoms with van der Waals surface area (Å²) in [7, 11) is 0. The molecule has 88 valence electrons. The van der Waals surface area contributed by atoms with Crippen LogP contribution in [0.25, 0.3) is 0 Å². The van der Waals surface area contributed by atoms with E-state index in [0.717, 1.165) is 12.8 Å². The minimum Gasteiger partial charge on any atom is -0.389 e. The lowest BCUT2D eigenvalue weighted by molar-refractivity contribution is -0.231. The minimum atomic E-state index is -0.586. The molecule has 0 aromatic heterocycles. The zero-order valence-electron chi connectivity index (χ0n) is 10.6. The normalized spacial score (nSPS) is 50.8. The lowest BCUT2D eigenvalue weighted by Crippen LogP contribution is -2.61. The van der Waals surface area contributed by atoms with Gasteiger partial charge in [-0.1, -0.05) is 34.6 Å². The molecule has 2 aliphatic rings. The van der Waals surface area contributed by atoms with Gasteiger partial charge in [0.2, 0.25) is 0 Å². The van der Waals surface area contributed by atoms with E-state index in [-0.39, 0.29) is 29.5 Å². The lowest BCUT2D eigenvalue weighted by Gasteiger charge is -2.54. The van der Waals surface area contributed by atoms with Crippen LogP contribution < -0.4 is 0 Å². The zero-order valence-corrected chi connectivity index (χ0v) is 10.6. The Bertz CT molecular complexity index is 238. The van der Waals surface area contributed by atoms with Gasteiger partial charge in [0.1, 0.15) is 0 Å². The van der Waals surface area contributed by atoms with Gasteiger partial charge in [0.15, 0.2) is 0 Å². The summed E-state index contributed by atoms with van der Waals surface area (Å²) in [6, 6.07) is 0. The van der Waals surface area contributed by atoms with Gasteiger partial charge in [-0.15, -0.1) is 0 Å². The Kier molecular flexibility index (Phi) is 2.44. The largest absolute Gasteiger partial charge is 0.389 e. The molecule has 0 aromatic rings. The number of rotatable bonds is 0. The maximum atomic E-state index is 11.0. The number of hydrogen-bond acceptors (Lipinski definition) is 2. The molecule has 0 spiro atoms. The third kappa shape index (κ3) is 1.38. The van der Waals surface area contributed by atoms with E-state index in [2.05, 4.69) is 34.6 Å². The van der Waals surface area contributed by atoms with Gasteiger partial charge in [0.25, 0.3) is 0 Å². The molecule has 1 N–H and O–H groups in total. The van der Waals surface area contributed by atoms with Crippen LogP contribution in [0.3, 0.4) is 0 Å². The summed E-state index contributed by atoms with van der Waals surface area (Å²) in [6.07, 6.45) is 2.79. The highest BCUT2D eigenvalue weighted by Crippen LogP contribution is 2.53. The van der Waals surface area contributed by atoms with Crippen molar-refractivity contribution in [2.75, 3.05) is 0 Å². The van der Waals surface area contributed by atoms with Gasteiger partial charge >= 0.3 is 0 Å². The Labute approximate surface area is 93.0 Å². The molecular formula is C13H24O2. The van der Waals surface area contributed by atoms with Crippen molar-refractivity contribution in [2.45, 2.75) is 65.3 Å². The van der Waals surface area contributed by atoms with Gasteiger partial charge in [0, 0.05) is 11.8 Å². The van der Waals surface area contributed by atoms with Crippen LogP contribution >= 0.6 is 0 Å². The topological polar surface area (TPSA) is 29.5 Å². The molecule has 15 heavy (non-hydrogen) atoms. The van der Waals surface area contributed by atoms with Crippen molar-refractivity contribution < 1.29 is 9.84 Å². The Morgan fingerprint density at radius 1 is 1.07 bits per heavy atom. The first-order valence-electron chi connectivity index (χ1n) is 6.16. The number of aliphatic hydroxyl groups is 1. The van der Waals surface area contributed by atoms with Crippen molar-refractivity contribution >= 4 is 0 Å². The monoisotopic (exact) mass is 212 g/mol. The molecule has 2 bridgehead atoms. The molecule has 2 nitrogen and oxygen atoms in total. The van der Waals surface area contributed by atoms with Crippen LogP contribution in [0.15, 0.2) is 0 Å². The van der Waals surface area contributed by atoms with E-state index in [9.17, 15) is 5.11 Å². The molecule has 2 heterocycles. The first kappa shape index (κ1) is 11.4. The smallest absolute Gasteiger partial charge is 0.0795 e. The molecule has 2 saturated heterocycles. The fourth-order valence-corrected chi connectivity index (χ4v) is 3.77. The van der Waals surface area contributed by atoms with Gasteiger partial charge in [0.05, 0.1) is 17.8 Å². The minimum absolute atomic E-state index is 0.0730. The fraction of sp³-hybridized carbons (Fsp3) is 1.00. The van der Waals surface area contributed by atoms with Crippen molar-refractivity contribution in [3.63, 3.8) is 0 Å². The number of fused-ring (bicyclic) bond motifs is 2. The third-order valence-corrected chi connectivity index (χ3v) is 4.79. The molecule has 2 rings (SSSR count). The van der Waals surface area contributed by atoms with E-state index in [1.165, 1.54) is 0 Å². The van der Waals surface area contributed by atoms with Gasteiger partial charge in [-0.2, -0.15) is 0 Å². The average molecular weight is 212 g/mol. The third-order valence-electron chi connectivity index (χ3n) is 4.79. The Morgan fingerprint density at radius 3 is 1.80 bits per heavy atom. The Balaban J connectivity index is 2.38. The molecule has 2 heteroatoms. The Morgan fingerprint density at radius 2 is 1.47 bits per heavy atom. The van der Waals surface area contributed by atoms with Crippen molar-refractivity contribution in [3.8, 4) is 0 Å². The van der Waals surface area contributed by atoms with E-state index in [0.29, 0.717) is 0 Å². The van der Waals surface area contributed by atoms with Crippen LogP contribution in [-0.4, -0.2) is 22.9 Å². The lowest BCUT2D eigenvalue weighted by atomic mass is 9.60. The summed E-state index contributed by atoms with van der Waals surface area (Å²) >= 11 is 0. The van der Waals surface area contributed by atoms with Crippen LogP contribution in [0, 0.1) is 17.3 Å². The van der Waals surface area contributed by atoms with Gasteiger partial charge in [-0.25, -0.2) is 0 Å². The van der Waals surface area contributed by atoms with E-state index in [1.807, 2.05) is 0 Å². The fourth-order valence-electron chi connectivity index (χ4n) is 3.77. The van der Waals surface area contributed by atoms with E-state index in [1.54, 1.807) is 0 Å². The second-order valence-corrected chi connectivity index (χ2v) is 6.44. The van der Waals surface area contributed by atoms with E-state index in [4.69, 9.17) is 4.74 Å². The highest BCUT2D eigenvalue weighted by atomic mass is 16.5. The highest BCUT2D eigenvalue weighted by Gasteiger charge is 2.59. The van der Waals surface area contributed by atoms with Crippen molar-refractivity contribution in [1.29, 1.82) is 0 Å². The predicted molar refractivity (Wildman–Crippen MR) is 60.6 cm³/mol. The van der Waals surface area contributed by atoms with Crippen molar-refractivity contribution in [1.82, 2.24) is 0 Å². The van der Waals surface area contributed by atoms with Crippen LogP contribution in [0.4, 0.5) is 0 Å². The maximum Gasteiger partial charge on any atom is 0.0795 e. The molecule has 0 saturated carbocycles. The molecular weight excluding hydrogens is 188 g/mol. The Hall–Kier alpha value is -0.0800. The summed E-state index contributed by atoms with van der Waals surface area (Å²) in [5.41, 5.74) is -0.659. The molecule has 0 aliphatic carbocycles. The number of hydrogen-bond donors (Lipinski definition) is 1. The van der Waals surface area contributed by atoms with Gasteiger partial charge < -0.3 is 9.84 Å². The van der Waals surface area contributed by atoms with Crippen molar-refractivity contribution in [2.24, 2.45) is 17.3 Å². The summed E-state index contributed by atoms with van der Waals surface area (Å²) in [5, 5.41) is 11.0. The molecule has 2 unspecified atom stereocenters. The van der Waals surface area contributed by atoms with Crippen LogP contribution in [0.2, 0.25) is 0 Å². The standard InChI is InChI=1S/C13H24O2/c1-8-10-6-7-11(15-10)9(2)13(8,14)12(3,4)5/h8-11,14H,6-7H2,1-5H3/t8-,9+,10+,11?,13?/m1/s1. The van der Waals surface area contributed by atoms with Gasteiger partial charge in [-0.05, 0) is 18.3 Å². The zero-order chi connectivity index (χ0) is 11.4. The van der Waals surface area contributed by atoms with Crippen molar-refractivity contribution in [3.05, 3.63) is 0 Å². The molecule has 0 aromatic carbocycles. The second-order valence-electron chi connectivity index (χ2n) is 6.44. The quantitative estimate of drug-likeness (QED) is 0.669. The predicted octanol–water partition coefficient (Wildman–Crippen LogP) is 2.60. The molecule has 2 fully saturated rings. The maximum absolute atomic E-state index is 11.0. The van der Waals surface area contributed by atoms with Crippen LogP contribution in [0.1, 0.15) is 47.5 Å². The molecule has 0 radical (unpaired) electrons. The summed E-state index contributed by atoms with van der Waals surface area (Å²) in [5.74, 6) is 0.484. The average Bonchev–Trinajstić information content (AvgIpc) is 2.56. The SMILES string of the molecule is C[C@@H]1[C@@H]2CCC(O2)[C@H](C)C1(O)C(C)(C)C. The molecule has 5 atom stereocenters. The van der Waals surface area contributed by atoms with Gasteiger partial charge in [-0.3, -0.25) is 0 Å². The summed E-state index contributed by atoms with van der Waals surface area (Å²) in [4.78, 5) is 0. The van der Waals surface area contributed by atoms with Crippen LogP contribution in [-0.2, 0) is 4.74 Å². The van der Waals surface area contributed by atoms with E-state index >= 15 is 0 Å². The highest BCUT2D eigenvalue weighted by molar-refractivity contribution is 5.08. The van der Waals surface area contributed by atoms with Crippen LogP contribution in [0.5, 0.6) is 0 Å².